The molecule has 19 atom stereocenters. The van der Waals surface area contributed by atoms with E-state index < -0.39 is 125 Å². The highest BCUT2D eigenvalue weighted by Crippen LogP contribution is 2.43. The monoisotopic (exact) mass is 1120 g/mol. The van der Waals surface area contributed by atoms with E-state index in [9.17, 15) is 49.6 Å². The van der Waals surface area contributed by atoms with Crippen LogP contribution >= 0.6 is 11.8 Å². The first-order valence-electron chi connectivity index (χ1n) is 27.4. The maximum absolute atomic E-state index is 14.5. The number of nitrogens with one attached hydrogen (secondary N) is 1. The molecule has 3 fully saturated rings. The van der Waals surface area contributed by atoms with Crippen LogP contribution in [0.4, 0.5) is 0 Å². The van der Waals surface area contributed by atoms with Crippen molar-refractivity contribution in [3.63, 3.8) is 0 Å². The summed E-state index contributed by atoms with van der Waals surface area (Å²) in [7, 11) is 5.15. The van der Waals surface area contributed by atoms with E-state index >= 15 is 0 Å². The Hall–Kier alpha value is -3.85. The zero-order valence-electron chi connectivity index (χ0n) is 47.5. The molecule has 2 aromatic rings. The molecule has 440 valence electrons. The predicted molar refractivity (Wildman–Crippen MR) is 288 cm³/mol. The van der Waals surface area contributed by atoms with Crippen molar-refractivity contribution < 1.29 is 77.8 Å². The van der Waals surface area contributed by atoms with Crippen molar-refractivity contribution in [1.82, 2.24) is 14.8 Å². The fourth-order valence-corrected chi connectivity index (χ4v) is 13.0. The minimum Gasteiger partial charge on any atom is -0.491 e. The topological polar surface area (TPSA) is 293 Å². The zero-order valence-corrected chi connectivity index (χ0v) is 48.4. The van der Waals surface area contributed by atoms with Crippen LogP contribution in [-0.4, -0.2) is 190 Å². The Balaban J connectivity index is 1.18. The number of methoxy groups -OCH3 is 1. The van der Waals surface area contributed by atoms with E-state index in [2.05, 4.69) is 10.5 Å². The van der Waals surface area contributed by atoms with Gasteiger partial charge >= 0.3 is 17.9 Å². The maximum Gasteiger partial charge on any atom is 0.341 e. The largest absolute Gasteiger partial charge is 0.491 e. The van der Waals surface area contributed by atoms with Crippen LogP contribution in [0.15, 0.2) is 33.2 Å². The number of rotatable bonds is 17. The number of aryl methyl sites for hydroxylation is 1. The highest BCUT2D eigenvalue weighted by Gasteiger charge is 2.55. The summed E-state index contributed by atoms with van der Waals surface area (Å²) in [4.78, 5) is 68.4. The molecule has 6 rings (SSSR count). The molecule has 1 unspecified atom stereocenters. The van der Waals surface area contributed by atoms with E-state index in [1.807, 2.05) is 32.0 Å². The number of nitroso groups, excluding NO2 is 1. The van der Waals surface area contributed by atoms with Crippen molar-refractivity contribution in [3.05, 3.63) is 39.0 Å². The Labute approximate surface area is 461 Å². The van der Waals surface area contributed by atoms with Crippen molar-refractivity contribution >= 4 is 40.6 Å². The number of hydrogen-bond acceptors (Lipinski definition) is 21. The van der Waals surface area contributed by atoms with Crippen LogP contribution in [0.2, 0.25) is 0 Å². The van der Waals surface area contributed by atoms with Crippen molar-refractivity contribution in [2.24, 2.45) is 28.8 Å². The molecule has 23 heteroatoms. The van der Waals surface area contributed by atoms with Gasteiger partial charge in [0.05, 0.1) is 72.0 Å². The number of aromatic carboxylic acids is 1. The number of nitrogens with zero attached hydrogens (tertiary/aromatic N) is 3. The van der Waals surface area contributed by atoms with E-state index in [1.165, 1.54) is 38.9 Å². The van der Waals surface area contributed by atoms with Gasteiger partial charge in [0, 0.05) is 67.9 Å². The van der Waals surface area contributed by atoms with Crippen LogP contribution in [0.1, 0.15) is 118 Å². The van der Waals surface area contributed by atoms with E-state index in [0.717, 1.165) is 4.90 Å². The lowest BCUT2D eigenvalue weighted by Crippen LogP contribution is -2.61. The molecule has 0 saturated carbocycles. The molecule has 1 aromatic heterocycles. The fourth-order valence-electron chi connectivity index (χ4n) is 12.2. The lowest BCUT2D eigenvalue weighted by Gasteiger charge is -2.49. The molecule has 22 nitrogen and oxygen atoms in total. The zero-order chi connectivity index (χ0) is 57.8. The second kappa shape index (κ2) is 26.4. The first-order chi connectivity index (χ1) is 36.6. The highest BCUT2D eigenvalue weighted by molar-refractivity contribution is 7.99. The summed E-state index contributed by atoms with van der Waals surface area (Å²) in [5.74, 6) is -5.31. The molecule has 4 aliphatic rings. The third-order valence-corrected chi connectivity index (χ3v) is 17.6. The molecule has 6 N–H and O–H groups in total. The standard InChI is InChI=1S/C55H86N4O18S/c1-14-39-55(10,68)47(63)30(4)42(57-69)28(2)25-53(8,67)48(77-52-45(62)37(58(11)12)22-29(3)72-52)31(5)46(32(6)51(66)74-39)76-41-26-54(9,70-13)49(33(7)73-41)75-40(60)16-17-56-18-21-78-34-23-35-43-38(24-34)71-20-15-19-59(43)27-36(44(35)61)50(64)65/h23-24,27-33,37,39,41-42,45-49,52,56,62-63,67-68H,14-22,25-26H2,1-13H3,(H,64,65)/t28-,29-,30+,31+,32-,33+,37+,39-,41+,42?,45-,46+,47-,48-,49+,52+,53-,54-,55-/m1/s1. The lowest BCUT2D eigenvalue weighted by atomic mass is 9.72. The van der Waals surface area contributed by atoms with Gasteiger partial charge in [-0.15, -0.1) is 11.8 Å². The summed E-state index contributed by atoms with van der Waals surface area (Å²) in [6, 6.07) is 2.03. The molecular formula is C55H86N4O18S. The summed E-state index contributed by atoms with van der Waals surface area (Å²) in [5, 5.41) is 64.7. The van der Waals surface area contributed by atoms with Crippen LogP contribution in [0, 0.1) is 28.6 Å². The quantitative estimate of drug-likeness (QED) is 0.0551. The Morgan fingerprint density at radius 1 is 0.974 bits per heavy atom. The van der Waals surface area contributed by atoms with Gasteiger partial charge in [-0.25, -0.2) is 4.79 Å². The average Bonchev–Trinajstić information content (AvgIpc) is 3.66. The number of thioether (sulfide) groups is 1. The maximum atomic E-state index is 14.5. The second-order valence-electron chi connectivity index (χ2n) is 23.0. The number of cyclic esters (lactones) is 1. The fraction of sp³-hybridized carbons (Fsp3) is 0.782. The first kappa shape index (κ1) is 63.3. The summed E-state index contributed by atoms with van der Waals surface area (Å²) in [6.07, 6.45) is -8.49. The first-order valence-corrected chi connectivity index (χ1v) is 28.4. The molecule has 0 radical (unpaired) electrons. The highest BCUT2D eigenvalue weighted by atomic mass is 32.2. The average molecular weight is 1120 g/mol. The number of carboxylic acids is 1. The number of aliphatic hydroxyl groups excluding tert-OH is 2. The summed E-state index contributed by atoms with van der Waals surface area (Å²) in [6.45, 7) is 18.2. The molecule has 0 bridgehead atoms. The van der Waals surface area contributed by atoms with E-state index in [4.69, 9.17) is 37.9 Å². The molecule has 0 aliphatic carbocycles. The number of benzene rings is 1. The molecule has 78 heavy (non-hydrogen) atoms. The number of carboxylic acid groups (broad SMARTS) is 1. The van der Waals surface area contributed by atoms with E-state index in [0.29, 0.717) is 49.6 Å². The third-order valence-electron chi connectivity index (χ3n) is 16.6. The second-order valence-corrected chi connectivity index (χ2v) is 24.2. The van der Waals surface area contributed by atoms with Crippen molar-refractivity contribution in [3.8, 4) is 5.75 Å². The van der Waals surface area contributed by atoms with Crippen LogP contribution in [0.3, 0.4) is 0 Å². The minimum atomic E-state index is -2.04. The number of carbonyl (C=O) groups excluding carboxylic acids is 2. The molecule has 4 aliphatic heterocycles. The van der Waals surface area contributed by atoms with Gasteiger partial charge in [-0.05, 0) is 99.4 Å². The van der Waals surface area contributed by atoms with Gasteiger partial charge in [0.2, 0.25) is 5.43 Å². The summed E-state index contributed by atoms with van der Waals surface area (Å²) < 4.78 is 52.3. The Morgan fingerprint density at radius 2 is 1.68 bits per heavy atom. The van der Waals surface area contributed by atoms with Gasteiger partial charge in [-0.2, -0.15) is 4.91 Å². The van der Waals surface area contributed by atoms with Crippen molar-refractivity contribution in [2.45, 2.75) is 210 Å². The van der Waals surface area contributed by atoms with Gasteiger partial charge in [-0.1, -0.05) is 32.9 Å². The Bertz CT molecular complexity index is 2460. The van der Waals surface area contributed by atoms with Crippen LogP contribution in [0.5, 0.6) is 5.75 Å². The number of esters is 2. The third kappa shape index (κ3) is 14.1. The number of likely N-dealkylation sites (N-methyl/N-ethyl adjacent to an activating group) is 1. The van der Waals surface area contributed by atoms with Gasteiger partial charge in [0.25, 0.3) is 0 Å². The molecule has 0 amide bonds. The summed E-state index contributed by atoms with van der Waals surface area (Å²) >= 11 is 1.45. The predicted octanol–water partition coefficient (Wildman–Crippen LogP) is 4.47. The van der Waals surface area contributed by atoms with Gasteiger partial charge in [-0.3, -0.25) is 14.4 Å². The van der Waals surface area contributed by atoms with Gasteiger partial charge < -0.3 is 78.2 Å². The number of aromatic nitrogens is 1. The number of aliphatic hydroxyl groups is 4. The van der Waals surface area contributed by atoms with Crippen molar-refractivity contribution in [1.29, 1.82) is 0 Å². The SMILES string of the molecule is CC[C@H]1OC(=O)[C@H](C)[C@@H](O[C@H]2C[C@@](C)(OC)[C@@H](OC(=O)CCNCCSc3cc4c5c(c3)c(=O)c(C(=O)O)cn5CCCO4)[C@H](C)O2)[C@H](C)[C@@H](O[C@@H]2O[C@H](C)C[C@H](N(C)C)[C@H]2O)[C@](C)(O)C[C@@H](C)C(N=O)[C@H](C)[C@@H](O)[C@]1(C)O. The number of pyridine rings is 1. The van der Waals surface area contributed by atoms with Crippen LogP contribution < -0.4 is 15.5 Å². The van der Waals surface area contributed by atoms with E-state index in [-0.39, 0.29) is 55.3 Å². The van der Waals surface area contributed by atoms with Crippen molar-refractivity contribution in [2.75, 3.05) is 46.7 Å². The molecule has 3 saturated heterocycles. The molecule has 1 aromatic carbocycles. The van der Waals surface area contributed by atoms with Crippen LogP contribution in [0.25, 0.3) is 10.9 Å². The number of ether oxygens (including phenoxy) is 8. The normalized spacial score (nSPS) is 38.2. The number of hydrogen-bond donors (Lipinski definition) is 6. The minimum absolute atomic E-state index is 0.00304. The van der Waals surface area contributed by atoms with Gasteiger partial charge in [0.15, 0.2) is 18.7 Å². The van der Waals surface area contributed by atoms with E-state index in [1.54, 1.807) is 59.1 Å². The van der Waals surface area contributed by atoms with Gasteiger partial charge in [0.1, 0.15) is 34.7 Å². The Morgan fingerprint density at radius 3 is 2.32 bits per heavy atom. The molecule has 0 spiro atoms. The smallest absolute Gasteiger partial charge is 0.341 e. The molecular weight excluding hydrogens is 1040 g/mol. The summed E-state index contributed by atoms with van der Waals surface area (Å²) in [5.41, 5.74) is -5.40. The molecule has 5 heterocycles. The van der Waals surface area contributed by atoms with Crippen LogP contribution in [-0.2, 0) is 49.3 Å². The number of carbonyl (C=O) groups is 3. The Kier molecular flexibility index (Phi) is 21.4. The lowest BCUT2D eigenvalue weighted by molar-refractivity contribution is -0.319.